The summed E-state index contributed by atoms with van der Waals surface area (Å²) in [6, 6.07) is 1.11. The summed E-state index contributed by atoms with van der Waals surface area (Å²) in [5, 5.41) is -0.614. The molecular formula is C4H10Cl2OSSi. The van der Waals surface area contributed by atoms with Crippen LogP contribution in [0.1, 0.15) is 6.42 Å². The van der Waals surface area contributed by atoms with Gasteiger partial charge >= 0.3 is 0 Å². The molecule has 0 rings (SSSR count). The van der Waals surface area contributed by atoms with Crippen molar-refractivity contribution in [2.24, 2.45) is 0 Å². The number of alkyl halides is 2. The molecule has 0 radical (unpaired) electrons. The van der Waals surface area contributed by atoms with Gasteiger partial charge < -0.3 is 4.43 Å². The summed E-state index contributed by atoms with van der Waals surface area (Å²) in [7, 11) is -0.460. The Kier molecular flexibility index (Phi) is 8.10. The molecule has 0 bridgehead atoms. The summed E-state index contributed by atoms with van der Waals surface area (Å²) in [6.07, 6.45) is 1.11. The van der Waals surface area contributed by atoms with E-state index in [2.05, 4.69) is 12.6 Å². The van der Waals surface area contributed by atoms with Crippen molar-refractivity contribution in [1.29, 1.82) is 0 Å². The van der Waals surface area contributed by atoms with Crippen LogP contribution in [0.5, 0.6) is 0 Å². The Labute approximate surface area is 73.4 Å². The fraction of sp³-hybridized carbons (Fsp3) is 1.00. The van der Waals surface area contributed by atoms with E-state index in [1.165, 1.54) is 0 Å². The molecule has 0 aliphatic heterocycles. The summed E-state index contributed by atoms with van der Waals surface area (Å²) < 4.78 is 4.98. The van der Waals surface area contributed by atoms with Crippen LogP contribution < -0.4 is 0 Å². The molecule has 5 heteroatoms. The monoisotopic (exact) mass is 204 g/mol. The lowest BCUT2D eigenvalue weighted by molar-refractivity contribution is 0.375. The normalized spacial score (nSPS) is 12.0. The first-order valence-corrected chi connectivity index (χ1v) is 5.86. The Morgan fingerprint density at radius 2 is 2.22 bits per heavy atom. The third kappa shape index (κ3) is 9.11. The molecule has 0 heterocycles. The van der Waals surface area contributed by atoms with E-state index in [9.17, 15) is 0 Å². The number of thiol groups is 1. The van der Waals surface area contributed by atoms with Crippen LogP contribution in [0, 0.1) is 0 Å². The highest BCUT2D eigenvalue weighted by Crippen LogP contribution is 2.03. The number of rotatable bonds is 5. The Morgan fingerprint density at radius 1 is 1.56 bits per heavy atom. The molecule has 0 aromatic carbocycles. The molecule has 0 fully saturated rings. The van der Waals surface area contributed by atoms with E-state index in [1.807, 2.05) is 0 Å². The SMILES string of the molecule is SCCC[SiH2]OC(Cl)Cl. The van der Waals surface area contributed by atoms with Gasteiger partial charge in [-0.05, 0) is 18.2 Å². The smallest absolute Gasteiger partial charge is 0.197 e. The molecule has 0 amide bonds. The highest BCUT2D eigenvalue weighted by molar-refractivity contribution is 7.80. The molecule has 0 aromatic heterocycles. The first-order chi connectivity index (χ1) is 4.27. The molecule has 0 spiro atoms. The van der Waals surface area contributed by atoms with Crippen LogP contribution in [-0.2, 0) is 4.43 Å². The molecule has 0 unspecified atom stereocenters. The van der Waals surface area contributed by atoms with Gasteiger partial charge in [0.2, 0.25) is 0 Å². The van der Waals surface area contributed by atoms with Crippen molar-refractivity contribution < 1.29 is 4.43 Å². The lowest BCUT2D eigenvalue weighted by atomic mass is 10.6. The van der Waals surface area contributed by atoms with E-state index in [1.54, 1.807) is 0 Å². The Bertz CT molecular complexity index is 64.5. The van der Waals surface area contributed by atoms with Gasteiger partial charge in [0, 0.05) is 0 Å². The minimum atomic E-state index is -0.614. The predicted molar refractivity (Wildman–Crippen MR) is 48.4 cm³/mol. The summed E-state index contributed by atoms with van der Waals surface area (Å²) in [5.74, 6) is 0.922. The first-order valence-electron chi connectivity index (χ1n) is 2.78. The molecule has 0 saturated heterocycles. The average Bonchev–Trinajstić information content (AvgIpc) is 1.80. The van der Waals surface area contributed by atoms with Crippen molar-refractivity contribution in [3.63, 3.8) is 0 Å². The predicted octanol–water partition coefficient (Wildman–Crippen LogP) is 1.59. The van der Waals surface area contributed by atoms with Crippen LogP contribution in [0.15, 0.2) is 0 Å². The van der Waals surface area contributed by atoms with Crippen LogP contribution in [0.25, 0.3) is 0 Å². The molecule has 0 aliphatic rings. The van der Waals surface area contributed by atoms with Gasteiger partial charge in [-0.2, -0.15) is 12.6 Å². The van der Waals surface area contributed by atoms with E-state index in [0.717, 1.165) is 18.2 Å². The van der Waals surface area contributed by atoms with Gasteiger partial charge in [-0.3, -0.25) is 0 Å². The standard InChI is InChI=1S/C4H10Cl2OSSi/c5-4(6)7-9-3-1-2-8/h4,8H,1-3,9H2. The third-order valence-corrected chi connectivity index (χ3v) is 3.14. The largest absolute Gasteiger partial charge is 0.397 e. The second kappa shape index (κ2) is 7.22. The van der Waals surface area contributed by atoms with Gasteiger partial charge in [-0.1, -0.05) is 23.2 Å². The third-order valence-electron chi connectivity index (χ3n) is 0.796. The van der Waals surface area contributed by atoms with E-state index in [4.69, 9.17) is 27.6 Å². The van der Waals surface area contributed by atoms with Crippen LogP contribution in [0.4, 0.5) is 0 Å². The Balaban J connectivity index is 2.75. The van der Waals surface area contributed by atoms with E-state index < -0.39 is 14.8 Å². The summed E-state index contributed by atoms with van der Waals surface area (Å²) >= 11 is 14.7. The Morgan fingerprint density at radius 3 is 2.67 bits per heavy atom. The highest BCUT2D eigenvalue weighted by Gasteiger charge is 1.95. The minimum absolute atomic E-state index is 0.460. The second-order valence-electron chi connectivity index (χ2n) is 1.56. The van der Waals surface area contributed by atoms with Gasteiger partial charge in [0.1, 0.15) is 0 Å². The van der Waals surface area contributed by atoms with E-state index in [0.29, 0.717) is 0 Å². The van der Waals surface area contributed by atoms with E-state index in [-0.39, 0.29) is 0 Å². The van der Waals surface area contributed by atoms with Crippen LogP contribution in [0.2, 0.25) is 6.04 Å². The zero-order valence-electron chi connectivity index (χ0n) is 5.02. The second-order valence-corrected chi connectivity index (χ2v) is 4.47. The van der Waals surface area contributed by atoms with Crippen molar-refractivity contribution >= 4 is 45.6 Å². The van der Waals surface area contributed by atoms with Crippen molar-refractivity contribution in [2.45, 2.75) is 17.5 Å². The number of halogens is 2. The summed E-state index contributed by atoms with van der Waals surface area (Å²) in [6.45, 7) is 0. The van der Waals surface area contributed by atoms with Crippen molar-refractivity contribution in [2.75, 3.05) is 5.75 Å². The Hall–Kier alpha value is 1.11. The maximum absolute atomic E-state index is 5.32. The maximum Gasteiger partial charge on any atom is 0.197 e. The number of hydrogen-bond donors (Lipinski definition) is 1. The average molecular weight is 205 g/mol. The first kappa shape index (κ1) is 10.1. The zero-order valence-corrected chi connectivity index (χ0v) is 8.84. The molecule has 0 saturated carbocycles. The summed E-state index contributed by atoms with van der Waals surface area (Å²) in [5.41, 5.74) is 0. The van der Waals surface area contributed by atoms with Crippen LogP contribution >= 0.6 is 35.8 Å². The van der Waals surface area contributed by atoms with Gasteiger partial charge in [-0.25, -0.2) is 0 Å². The van der Waals surface area contributed by atoms with Crippen LogP contribution in [0.3, 0.4) is 0 Å². The molecule has 0 N–H and O–H groups in total. The molecule has 0 atom stereocenters. The van der Waals surface area contributed by atoms with Crippen LogP contribution in [-0.4, -0.2) is 20.5 Å². The van der Waals surface area contributed by atoms with Gasteiger partial charge in [-0.15, -0.1) is 0 Å². The maximum atomic E-state index is 5.32. The zero-order chi connectivity index (χ0) is 7.11. The fourth-order valence-corrected chi connectivity index (χ4v) is 2.36. The summed E-state index contributed by atoms with van der Waals surface area (Å²) in [4.78, 5) is 0. The van der Waals surface area contributed by atoms with Gasteiger partial charge in [0.15, 0.2) is 14.8 Å². The van der Waals surface area contributed by atoms with Gasteiger partial charge in [0.05, 0.1) is 0 Å². The van der Waals surface area contributed by atoms with Crippen molar-refractivity contribution in [3.8, 4) is 0 Å². The van der Waals surface area contributed by atoms with E-state index >= 15 is 0 Å². The lowest BCUT2D eigenvalue weighted by Crippen LogP contribution is -2.01. The van der Waals surface area contributed by atoms with Crippen molar-refractivity contribution in [1.82, 2.24) is 0 Å². The molecule has 56 valence electrons. The molecule has 9 heavy (non-hydrogen) atoms. The fourth-order valence-electron chi connectivity index (χ4n) is 0.386. The molecular weight excluding hydrogens is 195 g/mol. The number of hydrogen-bond acceptors (Lipinski definition) is 2. The molecule has 1 nitrogen and oxygen atoms in total. The molecule has 0 aliphatic carbocycles. The topological polar surface area (TPSA) is 9.23 Å². The van der Waals surface area contributed by atoms with Gasteiger partial charge in [0.25, 0.3) is 0 Å². The van der Waals surface area contributed by atoms with Crippen molar-refractivity contribution in [3.05, 3.63) is 0 Å². The highest BCUT2D eigenvalue weighted by atomic mass is 35.5. The minimum Gasteiger partial charge on any atom is -0.397 e. The molecule has 0 aromatic rings. The quantitative estimate of drug-likeness (QED) is 0.310. The lowest BCUT2D eigenvalue weighted by Gasteiger charge is -2.01.